The van der Waals surface area contributed by atoms with Gasteiger partial charge >= 0.3 is 0 Å². The molecule has 4 rings (SSSR count). The lowest BCUT2D eigenvalue weighted by atomic mass is 9.92. The van der Waals surface area contributed by atoms with Gasteiger partial charge in [-0.05, 0) is 61.1 Å². The minimum atomic E-state index is 0.481. The molecule has 0 atom stereocenters. The fourth-order valence-electron chi connectivity index (χ4n) is 3.59. The second-order valence-electron chi connectivity index (χ2n) is 6.62. The number of aryl methyl sites for hydroxylation is 2. The van der Waals surface area contributed by atoms with E-state index in [1.807, 2.05) is 30.0 Å². The molecule has 1 saturated heterocycles. The van der Waals surface area contributed by atoms with Gasteiger partial charge in [0, 0.05) is 30.8 Å². The lowest BCUT2D eigenvalue weighted by molar-refractivity contribution is 0.303. The predicted molar refractivity (Wildman–Crippen MR) is 105 cm³/mol. The van der Waals surface area contributed by atoms with Gasteiger partial charge in [0.2, 0.25) is 5.88 Å². The van der Waals surface area contributed by atoms with Crippen molar-refractivity contribution in [3.05, 3.63) is 53.2 Å². The summed E-state index contributed by atoms with van der Waals surface area (Å²) in [6.45, 7) is 1.72. The van der Waals surface area contributed by atoms with E-state index in [9.17, 15) is 5.21 Å². The summed E-state index contributed by atoms with van der Waals surface area (Å²) in [4.78, 5) is 6.49. The molecule has 26 heavy (non-hydrogen) atoms. The van der Waals surface area contributed by atoms with Crippen LogP contribution in [0.15, 0.2) is 41.7 Å². The maximum absolute atomic E-state index is 9.64. The van der Waals surface area contributed by atoms with E-state index in [-0.39, 0.29) is 0 Å². The summed E-state index contributed by atoms with van der Waals surface area (Å²) >= 11 is 1.92. The highest BCUT2D eigenvalue weighted by Gasteiger charge is 2.22. The van der Waals surface area contributed by atoms with E-state index >= 15 is 0 Å². The van der Waals surface area contributed by atoms with E-state index in [2.05, 4.69) is 27.2 Å². The number of aromatic nitrogens is 1. The summed E-state index contributed by atoms with van der Waals surface area (Å²) in [7, 11) is 0. The maximum Gasteiger partial charge on any atom is 0.230 e. The zero-order chi connectivity index (χ0) is 17.8. The second kappa shape index (κ2) is 7.99. The SMILES string of the molecule is O/N=C(/c1cccnc1Oc1ccc2c(c1)CCCC2)N1CCSCC1. The average Bonchev–Trinajstić information content (AvgIpc) is 2.71. The molecule has 0 unspecified atom stereocenters. The van der Waals surface area contributed by atoms with Crippen LogP contribution < -0.4 is 4.74 Å². The van der Waals surface area contributed by atoms with E-state index in [1.54, 1.807) is 6.20 Å². The molecule has 1 aliphatic heterocycles. The van der Waals surface area contributed by atoms with E-state index in [1.165, 1.54) is 24.0 Å². The fourth-order valence-corrected chi connectivity index (χ4v) is 4.49. The van der Waals surface area contributed by atoms with Crippen LogP contribution in [-0.4, -0.2) is 45.5 Å². The lowest BCUT2D eigenvalue weighted by Gasteiger charge is -2.29. The van der Waals surface area contributed by atoms with Crippen LogP contribution in [0, 0.1) is 0 Å². The van der Waals surface area contributed by atoms with Gasteiger partial charge in [0.1, 0.15) is 5.75 Å². The number of nitrogens with zero attached hydrogens (tertiary/aromatic N) is 3. The minimum absolute atomic E-state index is 0.481. The predicted octanol–water partition coefficient (Wildman–Crippen LogP) is 3.94. The first-order chi connectivity index (χ1) is 12.8. The molecule has 0 saturated carbocycles. The Morgan fingerprint density at radius 1 is 1.12 bits per heavy atom. The first-order valence-electron chi connectivity index (χ1n) is 9.15. The number of amidine groups is 1. The summed E-state index contributed by atoms with van der Waals surface area (Å²) in [5.41, 5.74) is 3.52. The molecule has 0 radical (unpaired) electrons. The number of rotatable bonds is 3. The third-order valence-electron chi connectivity index (χ3n) is 4.95. The topological polar surface area (TPSA) is 58.0 Å². The van der Waals surface area contributed by atoms with Crippen molar-refractivity contribution in [2.24, 2.45) is 5.16 Å². The van der Waals surface area contributed by atoms with Crippen molar-refractivity contribution in [1.82, 2.24) is 9.88 Å². The van der Waals surface area contributed by atoms with Crippen LogP contribution in [0.3, 0.4) is 0 Å². The first-order valence-corrected chi connectivity index (χ1v) is 10.3. The van der Waals surface area contributed by atoms with Gasteiger partial charge in [0.15, 0.2) is 5.84 Å². The van der Waals surface area contributed by atoms with Crippen LogP contribution in [0.5, 0.6) is 11.6 Å². The quantitative estimate of drug-likeness (QED) is 0.384. The van der Waals surface area contributed by atoms with Crippen molar-refractivity contribution in [2.75, 3.05) is 24.6 Å². The maximum atomic E-state index is 9.64. The lowest BCUT2D eigenvalue weighted by Crippen LogP contribution is -2.38. The Kier molecular flexibility index (Phi) is 5.29. The van der Waals surface area contributed by atoms with Crippen LogP contribution in [0.4, 0.5) is 0 Å². The molecule has 2 heterocycles. The van der Waals surface area contributed by atoms with Crippen LogP contribution in [0.1, 0.15) is 29.5 Å². The zero-order valence-corrected chi connectivity index (χ0v) is 15.5. The molecule has 1 aliphatic carbocycles. The van der Waals surface area contributed by atoms with E-state index in [4.69, 9.17) is 4.74 Å². The highest BCUT2D eigenvalue weighted by Crippen LogP contribution is 2.29. The van der Waals surface area contributed by atoms with Crippen molar-refractivity contribution in [3.8, 4) is 11.6 Å². The molecule has 6 heteroatoms. The highest BCUT2D eigenvalue weighted by atomic mass is 32.2. The Morgan fingerprint density at radius 2 is 1.92 bits per heavy atom. The molecule has 0 amide bonds. The smallest absolute Gasteiger partial charge is 0.230 e. The molecule has 2 aliphatic rings. The molecule has 0 bridgehead atoms. The Morgan fingerprint density at radius 3 is 2.73 bits per heavy atom. The van der Waals surface area contributed by atoms with E-state index < -0.39 is 0 Å². The summed E-state index contributed by atoms with van der Waals surface area (Å²) in [6.07, 6.45) is 6.47. The van der Waals surface area contributed by atoms with Crippen molar-refractivity contribution in [3.63, 3.8) is 0 Å². The summed E-state index contributed by atoms with van der Waals surface area (Å²) < 4.78 is 6.11. The molecular weight excluding hydrogens is 346 g/mol. The van der Waals surface area contributed by atoms with Crippen molar-refractivity contribution in [1.29, 1.82) is 0 Å². The molecule has 5 nitrogen and oxygen atoms in total. The molecule has 136 valence electrons. The Balaban J connectivity index is 1.61. The molecule has 1 aromatic heterocycles. The minimum Gasteiger partial charge on any atom is -0.438 e. The van der Waals surface area contributed by atoms with E-state index in [0.717, 1.165) is 48.7 Å². The van der Waals surface area contributed by atoms with Gasteiger partial charge in [-0.1, -0.05) is 11.2 Å². The van der Waals surface area contributed by atoms with Crippen LogP contribution in [0.25, 0.3) is 0 Å². The number of oxime groups is 1. The largest absolute Gasteiger partial charge is 0.438 e. The van der Waals surface area contributed by atoms with Gasteiger partial charge < -0.3 is 14.8 Å². The number of pyridine rings is 1. The third kappa shape index (κ3) is 3.65. The van der Waals surface area contributed by atoms with E-state index in [0.29, 0.717) is 11.7 Å². The number of benzene rings is 1. The van der Waals surface area contributed by atoms with Crippen molar-refractivity contribution < 1.29 is 9.94 Å². The van der Waals surface area contributed by atoms with Crippen LogP contribution >= 0.6 is 11.8 Å². The van der Waals surface area contributed by atoms with Gasteiger partial charge in [0.05, 0.1) is 5.56 Å². The summed E-state index contributed by atoms with van der Waals surface area (Å²) in [5, 5.41) is 13.2. The molecule has 1 N–H and O–H groups in total. The van der Waals surface area contributed by atoms with Crippen molar-refractivity contribution >= 4 is 17.6 Å². The number of hydrogen-bond donors (Lipinski definition) is 1. The standard InChI is InChI=1S/C20H23N3O2S/c24-22-19(23-10-12-26-13-11-23)18-6-3-9-21-20(18)25-17-8-7-15-4-1-2-5-16(15)14-17/h3,6-9,14,24H,1-2,4-5,10-13H2/b22-19-. The summed E-state index contributed by atoms with van der Waals surface area (Å²) in [5.74, 6) is 3.86. The van der Waals surface area contributed by atoms with Gasteiger partial charge in [-0.2, -0.15) is 11.8 Å². The normalized spacial score (nSPS) is 17.7. The number of fused-ring (bicyclic) bond motifs is 1. The van der Waals surface area contributed by atoms with Crippen LogP contribution in [-0.2, 0) is 12.8 Å². The average molecular weight is 369 g/mol. The monoisotopic (exact) mass is 369 g/mol. The number of thioether (sulfide) groups is 1. The Hall–Kier alpha value is -2.21. The second-order valence-corrected chi connectivity index (χ2v) is 7.84. The molecule has 1 aromatic carbocycles. The Labute approximate surface area is 158 Å². The molecular formula is C20H23N3O2S. The van der Waals surface area contributed by atoms with Gasteiger partial charge in [-0.15, -0.1) is 0 Å². The molecule has 1 fully saturated rings. The van der Waals surface area contributed by atoms with Gasteiger partial charge in [-0.25, -0.2) is 4.98 Å². The van der Waals surface area contributed by atoms with Gasteiger partial charge in [-0.3, -0.25) is 0 Å². The zero-order valence-electron chi connectivity index (χ0n) is 14.7. The van der Waals surface area contributed by atoms with Gasteiger partial charge in [0.25, 0.3) is 0 Å². The van der Waals surface area contributed by atoms with Crippen molar-refractivity contribution in [2.45, 2.75) is 25.7 Å². The molecule has 2 aromatic rings. The highest BCUT2D eigenvalue weighted by molar-refractivity contribution is 7.99. The molecule has 0 spiro atoms. The number of ether oxygens (including phenoxy) is 1. The first kappa shape index (κ1) is 17.2. The third-order valence-corrected chi connectivity index (χ3v) is 5.89. The Bertz CT molecular complexity index is 803. The fraction of sp³-hybridized carbons (Fsp3) is 0.400. The summed E-state index contributed by atoms with van der Waals surface area (Å²) in [6, 6.07) is 10.0. The number of hydrogen-bond acceptors (Lipinski definition) is 5. The van der Waals surface area contributed by atoms with Crippen LogP contribution in [0.2, 0.25) is 0 Å².